The number of fused-ring (bicyclic) bond motifs is 1. The molecule has 1 N–H and O–H groups in total. The zero-order chi connectivity index (χ0) is 24.6. The van der Waals surface area contributed by atoms with Gasteiger partial charge in [-0.2, -0.15) is 18.3 Å². The second-order valence-electron chi connectivity index (χ2n) is 7.60. The lowest BCUT2D eigenvalue weighted by molar-refractivity contribution is -0.138. The van der Waals surface area contributed by atoms with Crippen molar-refractivity contribution < 1.29 is 27.9 Å². The minimum atomic E-state index is -4.45. The SMILES string of the molecule is Cc1cc(-c2ncc3cc(C(F)(F)F)ccc3n2)ccc1N(C)C(=O)c1ccnn1CC(=O)O. The molecule has 0 aliphatic carbocycles. The standard InChI is InChI=1S/C23H18F3N5O3/c1-13-9-14(21-27-11-15-10-16(23(24,25)26)4-5-17(15)29-21)3-6-18(13)30(2)22(34)19-7-8-28-31(19)12-20(32)33/h3-11H,12H2,1-2H3,(H,32,33). The number of aryl methyl sites for hydroxylation is 1. The summed E-state index contributed by atoms with van der Waals surface area (Å²) in [7, 11) is 1.56. The lowest BCUT2D eigenvalue weighted by atomic mass is 10.1. The van der Waals surface area contributed by atoms with E-state index in [0.29, 0.717) is 28.2 Å². The Hall–Kier alpha value is -4.28. The van der Waals surface area contributed by atoms with Crippen molar-refractivity contribution >= 4 is 28.5 Å². The molecule has 0 atom stereocenters. The van der Waals surface area contributed by atoms with Crippen LogP contribution in [-0.4, -0.2) is 43.8 Å². The number of benzene rings is 2. The van der Waals surface area contributed by atoms with Crippen LogP contribution in [0.5, 0.6) is 0 Å². The highest BCUT2D eigenvalue weighted by Crippen LogP contribution is 2.32. The molecular weight excluding hydrogens is 451 g/mol. The number of carboxylic acid groups (broad SMARTS) is 1. The lowest BCUT2D eigenvalue weighted by Crippen LogP contribution is -2.30. The molecule has 0 radical (unpaired) electrons. The molecule has 8 nitrogen and oxygen atoms in total. The number of alkyl halides is 3. The van der Waals surface area contributed by atoms with Gasteiger partial charge >= 0.3 is 12.1 Å². The van der Waals surface area contributed by atoms with E-state index in [1.54, 1.807) is 32.2 Å². The van der Waals surface area contributed by atoms with Gasteiger partial charge in [0.25, 0.3) is 5.91 Å². The summed E-state index contributed by atoms with van der Waals surface area (Å²) in [4.78, 5) is 33.9. The molecule has 0 spiro atoms. The fourth-order valence-electron chi connectivity index (χ4n) is 3.57. The number of amides is 1. The van der Waals surface area contributed by atoms with Crippen LogP contribution >= 0.6 is 0 Å². The molecule has 34 heavy (non-hydrogen) atoms. The van der Waals surface area contributed by atoms with Crippen molar-refractivity contribution in [1.29, 1.82) is 0 Å². The molecule has 0 saturated carbocycles. The van der Waals surface area contributed by atoms with Gasteiger partial charge in [-0.25, -0.2) is 14.6 Å². The third-order valence-electron chi connectivity index (χ3n) is 5.25. The molecule has 0 aliphatic heterocycles. The highest BCUT2D eigenvalue weighted by molar-refractivity contribution is 6.05. The number of halogens is 3. The van der Waals surface area contributed by atoms with Crippen molar-refractivity contribution in [2.75, 3.05) is 11.9 Å². The van der Waals surface area contributed by atoms with E-state index in [1.165, 1.54) is 29.4 Å². The predicted octanol–water partition coefficient (Wildman–Crippen LogP) is 4.18. The van der Waals surface area contributed by atoms with Crippen LogP contribution in [0.15, 0.2) is 54.9 Å². The number of nitrogens with zero attached hydrogens (tertiary/aromatic N) is 5. The highest BCUT2D eigenvalue weighted by Gasteiger charge is 2.30. The second-order valence-corrected chi connectivity index (χ2v) is 7.60. The molecule has 4 aromatic rings. The Morgan fingerprint density at radius 2 is 1.88 bits per heavy atom. The molecular formula is C23H18F3N5O3. The molecule has 1 amide bonds. The number of carbonyl (C=O) groups is 2. The van der Waals surface area contributed by atoms with Crippen LogP contribution in [0.1, 0.15) is 21.6 Å². The molecule has 0 fully saturated rings. The first-order valence-electron chi connectivity index (χ1n) is 10.0. The van der Waals surface area contributed by atoms with Gasteiger partial charge in [-0.1, -0.05) is 0 Å². The second kappa shape index (κ2) is 8.58. The quantitative estimate of drug-likeness (QED) is 0.471. The van der Waals surface area contributed by atoms with Gasteiger partial charge < -0.3 is 10.0 Å². The first-order chi connectivity index (χ1) is 16.0. The maximum absolute atomic E-state index is 12.9. The Bertz CT molecular complexity index is 1410. The molecule has 0 aliphatic rings. The largest absolute Gasteiger partial charge is 0.480 e. The van der Waals surface area contributed by atoms with Crippen molar-refractivity contribution in [3.63, 3.8) is 0 Å². The van der Waals surface area contributed by atoms with Crippen LogP contribution < -0.4 is 4.90 Å². The highest BCUT2D eigenvalue weighted by atomic mass is 19.4. The van der Waals surface area contributed by atoms with Crippen molar-refractivity contribution in [3.8, 4) is 11.4 Å². The third kappa shape index (κ3) is 4.45. The van der Waals surface area contributed by atoms with Crippen LogP contribution in [0.25, 0.3) is 22.3 Å². The van der Waals surface area contributed by atoms with E-state index >= 15 is 0 Å². The average Bonchev–Trinajstić information content (AvgIpc) is 3.24. The Morgan fingerprint density at radius 1 is 1.12 bits per heavy atom. The average molecular weight is 469 g/mol. The number of hydrogen-bond acceptors (Lipinski definition) is 5. The van der Waals surface area contributed by atoms with Crippen molar-refractivity contribution in [1.82, 2.24) is 19.7 Å². The van der Waals surface area contributed by atoms with E-state index in [-0.39, 0.29) is 11.1 Å². The Balaban J connectivity index is 1.62. The lowest BCUT2D eigenvalue weighted by Gasteiger charge is -2.20. The summed E-state index contributed by atoms with van der Waals surface area (Å²) in [6.45, 7) is 1.34. The van der Waals surface area contributed by atoms with Crippen LogP contribution in [0.2, 0.25) is 0 Å². The van der Waals surface area contributed by atoms with Crippen molar-refractivity contribution in [2.24, 2.45) is 0 Å². The van der Waals surface area contributed by atoms with E-state index < -0.39 is 30.2 Å². The minimum Gasteiger partial charge on any atom is -0.480 e. The Morgan fingerprint density at radius 3 is 2.56 bits per heavy atom. The fraction of sp³-hybridized carbons (Fsp3) is 0.174. The molecule has 2 heterocycles. The molecule has 2 aromatic heterocycles. The van der Waals surface area contributed by atoms with Crippen LogP contribution in [0.4, 0.5) is 18.9 Å². The van der Waals surface area contributed by atoms with E-state index in [2.05, 4.69) is 15.1 Å². The number of anilines is 1. The number of hydrogen-bond donors (Lipinski definition) is 1. The molecule has 174 valence electrons. The van der Waals surface area contributed by atoms with Gasteiger partial charge in [0.15, 0.2) is 5.82 Å². The van der Waals surface area contributed by atoms with Gasteiger partial charge in [-0.05, 0) is 55.0 Å². The zero-order valence-electron chi connectivity index (χ0n) is 18.0. The monoisotopic (exact) mass is 469 g/mol. The Kier molecular flexibility index (Phi) is 5.78. The normalized spacial score (nSPS) is 11.6. The van der Waals surface area contributed by atoms with Crippen LogP contribution in [0.3, 0.4) is 0 Å². The van der Waals surface area contributed by atoms with E-state index in [1.807, 2.05) is 0 Å². The number of rotatable bonds is 5. The first-order valence-corrected chi connectivity index (χ1v) is 10.0. The number of carbonyl (C=O) groups excluding carboxylic acids is 1. The summed E-state index contributed by atoms with van der Waals surface area (Å²) in [5.74, 6) is -1.22. The molecule has 2 aromatic carbocycles. The minimum absolute atomic E-state index is 0.129. The summed E-state index contributed by atoms with van der Waals surface area (Å²) < 4.78 is 39.9. The first kappa shape index (κ1) is 22.9. The van der Waals surface area contributed by atoms with E-state index in [9.17, 15) is 22.8 Å². The third-order valence-corrected chi connectivity index (χ3v) is 5.25. The van der Waals surface area contributed by atoms with Gasteiger partial charge in [0.2, 0.25) is 0 Å². The van der Waals surface area contributed by atoms with Gasteiger partial charge in [0, 0.05) is 36.1 Å². The molecule has 0 bridgehead atoms. The van der Waals surface area contributed by atoms with E-state index in [4.69, 9.17) is 5.11 Å². The predicted molar refractivity (Wildman–Crippen MR) is 117 cm³/mol. The van der Waals surface area contributed by atoms with Gasteiger partial charge in [-0.3, -0.25) is 9.59 Å². The Labute approximate surface area is 191 Å². The van der Waals surface area contributed by atoms with Gasteiger partial charge in [0.05, 0.1) is 11.1 Å². The summed E-state index contributed by atoms with van der Waals surface area (Å²) >= 11 is 0. The smallest absolute Gasteiger partial charge is 0.416 e. The topological polar surface area (TPSA) is 101 Å². The van der Waals surface area contributed by atoms with Gasteiger partial charge in [-0.15, -0.1) is 0 Å². The van der Waals surface area contributed by atoms with Crippen LogP contribution in [-0.2, 0) is 17.5 Å². The molecule has 0 unspecified atom stereocenters. The number of aliphatic carboxylic acids is 1. The van der Waals surface area contributed by atoms with Crippen LogP contribution in [0, 0.1) is 6.92 Å². The summed E-state index contributed by atoms with van der Waals surface area (Å²) in [6, 6.07) is 9.88. The molecule has 0 saturated heterocycles. The number of carboxylic acids is 1. The van der Waals surface area contributed by atoms with Gasteiger partial charge in [0.1, 0.15) is 12.2 Å². The van der Waals surface area contributed by atoms with E-state index in [0.717, 1.165) is 16.8 Å². The number of aromatic nitrogens is 4. The maximum atomic E-state index is 12.9. The summed E-state index contributed by atoms with van der Waals surface area (Å²) in [5.41, 5.74) is 1.65. The summed E-state index contributed by atoms with van der Waals surface area (Å²) in [5, 5.41) is 13.2. The molecule has 11 heteroatoms. The summed E-state index contributed by atoms with van der Waals surface area (Å²) in [6.07, 6.45) is -1.75. The molecule has 4 rings (SSSR count). The fourth-order valence-corrected chi connectivity index (χ4v) is 3.57. The maximum Gasteiger partial charge on any atom is 0.416 e. The van der Waals surface area contributed by atoms with Crippen molar-refractivity contribution in [3.05, 3.63) is 71.7 Å². The zero-order valence-corrected chi connectivity index (χ0v) is 18.0. The van der Waals surface area contributed by atoms with Crippen molar-refractivity contribution in [2.45, 2.75) is 19.6 Å².